The van der Waals surface area contributed by atoms with Crippen molar-refractivity contribution in [2.24, 2.45) is 4.99 Å². The fourth-order valence-electron chi connectivity index (χ4n) is 4.06. The highest BCUT2D eigenvalue weighted by atomic mass is 127. The lowest BCUT2D eigenvalue weighted by molar-refractivity contribution is 0.196. The maximum atomic E-state index is 4.89. The summed E-state index contributed by atoms with van der Waals surface area (Å²) in [6, 6.07) is 21.6. The van der Waals surface area contributed by atoms with Crippen molar-refractivity contribution in [1.29, 1.82) is 0 Å². The van der Waals surface area contributed by atoms with Crippen LogP contribution in [-0.4, -0.2) is 41.5 Å². The van der Waals surface area contributed by atoms with Crippen LogP contribution in [0, 0.1) is 0 Å². The Kier molecular flexibility index (Phi) is 9.09. The second-order valence-electron chi connectivity index (χ2n) is 7.85. The molecular weight excluding hydrogens is 497 g/mol. The number of rotatable bonds is 6. The molecule has 0 unspecified atom stereocenters. The molecule has 2 aromatic carbocycles. The first kappa shape index (κ1) is 23.5. The zero-order valence-corrected chi connectivity index (χ0v) is 20.5. The van der Waals surface area contributed by atoms with E-state index >= 15 is 0 Å². The summed E-state index contributed by atoms with van der Waals surface area (Å²) in [5.41, 5.74) is 2.41. The first-order valence-corrected chi connectivity index (χ1v) is 11.0. The van der Waals surface area contributed by atoms with Gasteiger partial charge in [-0.1, -0.05) is 48.5 Å². The highest BCUT2D eigenvalue weighted by Crippen LogP contribution is 2.19. The van der Waals surface area contributed by atoms with Gasteiger partial charge in [-0.05, 0) is 48.2 Å². The highest BCUT2D eigenvalue weighted by molar-refractivity contribution is 14.0. The standard InChI is InChI=1S/C25H31N5.HI/c1-2-26-25(28-18-21-10-7-9-20-8-3-4-12-24(20)21)29-22-13-16-30(17-14-22)19-23-11-5-6-15-27-23;/h3-12,15,22H,2,13-14,16-19H2,1H3,(H2,26,28,29);1H. The molecule has 4 rings (SSSR count). The SMILES string of the molecule is CCNC(=NCc1cccc2ccccc12)NC1CCN(Cc2ccccn2)CC1.I. The molecule has 1 aliphatic rings. The maximum Gasteiger partial charge on any atom is 0.191 e. The van der Waals surface area contributed by atoms with E-state index in [1.54, 1.807) is 0 Å². The molecule has 1 saturated heterocycles. The van der Waals surface area contributed by atoms with E-state index < -0.39 is 0 Å². The minimum Gasteiger partial charge on any atom is -0.357 e. The van der Waals surface area contributed by atoms with Crippen LogP contribution in [0.25, 0.3) is 10.8 Å². The fraction of sp³-hybridized carbons (Fsp3) is 0.360. The van der Waals surface area contributed by atoms with E-state index in [-0.39, 0.29) is 24.0 Å². The van der Waals surface area contributed by atoms with Gasteiger partial charge in [-0.25, -0.2) is 4.99 Å². The molecular formula is C25H32IN5. The van der Waals surface area contributed by atoms with Crippen molar-refractivity contribution in [3.63, 3.8) is 0 Å². The molecule has 2 heterocycles. The Hall–Kier alpha value is -2.19. The van der Waals surface area contributed by atoms with E-state index in [0.29, 0.717) is 12.6 Å². The van der Waals surface area contributed by atoms with Crippen molar-refractivity contribution in [3.05, 3.63) is 78.1 Å². The van der Waals surface area contributed by atoms with E-state index in [0.717, 1.165) is 50.7 Å². The van der Waals surface area contributed by atoms with Gasteiger partial charge in [0, 0.05) is 38.4 Å². The fourth-order valence-corrected chi connectivity index (χ4v) is 4.06. The van der Waals surface area contributed by atoms with E-state index in [2.05, 4.69) is 82.0 Å². The van der Waals surface area contributed by atoms with Crippen molar-refractivity contribution in [2.75, 3.05) is 19.6 Å². The first-order chi connectivity index (χ1) is 14.8. The number of guanidine groups is 1. The van der Waals surface area contributed by atoms with Crippen LogP contribution in [0.2, 0.25) is 0 Å². The van der Waals surface area contributed by atoms with Gasteiger partial charge in [0.15, 0.2) is 5.96 Å². The van der Waals surface area contributed by atoms with Crippen molar-refractivity contribution >= 4 is 40.7 Å². The number of nitrogens with zero attached hydrogens (tertiary/aromatic N) is 3. The number of aromatic nitrogens is 1. The van der Waals surface area contributed by atoms with Crippen molar-refractivity contribution in [1.82, 2.24) is 20.5 Å². The molecule has 2 N–H and O–H groups in total. The topological polar surface area (TPSA) is 52.6 Å². The number of piperidine rings is 1. The molecule has 3 aromatic rings. The second kappa shape index (κ2) is 12.0. The zero-order valence-electron chi connectivity index (χ0n) is 18.1. The number of pyridine rings is 1. The number of fused-ring (bicyclic) bond motifs is 1. The number of nitrogens with one attached hydrogen (secondary N) is 2. The Labute approximate surface area is 202 Å². The third-order valence-corrected chi connectivity index (χ3v) is 5.67. The van der Waals surface area contributed by atoms with Crippen LogP contribution in [0.15, 0.2) is 71.9 Å². The Balaban J connectivity index is 0.00000272. The lowest BCUT2D eigenvalue weighted by atomic mass is 10.0. The Morgan fingerprint density at radius 1 is 1.03 bits per heavy atom. The number of benzene rings is 2. The molecule has 0 bridgehead atoms. The molecule has 0 radical (unpaired) electrons. The summed E-state index contributed by atoms with van der Waals surface area (Å²) in [5, 5.41) is 9.62. The van der Waals surface area contributed by atoms with Crippen LogP contribution in [0.4, 0.5) is 0 Å². The second-order valence-corrected chi connectivity index (χ2v) is 7.85. The van der Waals surface area contributed by atoms with Gasteiger partial charge >= 0.3 is 0 Å². The minimum atomic E-state index is 0. The molecule has 0 saturated carbocycles. The summed E-state index contributed by atoms with van der Waals surface area (Å²) >= 11 is 0. The normalized spacial score (nSPS) is 15.5. The van der Waals surface area contributed by atoms with Crippen LogP contribution in [-0.2, 0) is 13.1 Å². The summed E-state index contributed by atoms with van der Waals surface area (Å²) in [6.45, 7) is 6.75. The Morgan fingerprint density at radius 3 is 2.58 bits per heavy atom. The molecule has 0 amide bonds. The van der Waals surface area contributed by atoms with Crippen molar-refractivity contribution in [2.45, 2.75) is 38.9 Å². The maximum absolute atomic E-state index is 4.89. The van der Waals surface area contributed by atoms with E-state index in [1.165, 1.54) is 16.3 Å². The molecule has 0 atom stereocenters. The van der Waals surface area contributed by atoms with Crippen LogP contribution < -0.4 is 10.6 Å². The number of aliphatic imine (C=N–C) groups is 1. The molecule has 0 aliphatic carbocycles. The van der Waals surface area contributed by atoms with Gasteiger partial charge in [0.2, 0.25) is 0 Å². The van der Waals surface area contributed by atoms with Crippen LogP contribution >= 0.6 is 24.0 Å². The van der Waals surface area contributed by atoms with E-state index in [1.807, 2.05) is 12.3 Å². The van der Waals surface area contributed by atoms with Gasteiger partial charge in [-0.2, -0.15) is 0 Å². The quantitative estimate of drug-likeness (QED) is 0.279. The lowest BCUT2D eigenvalue weighted by Gasteiger charge is -2.32. The van der Waals surface area contributed by atoms with Gasteiger partial charge in [0.25, 0.3) is 0 Å². The smallest absolute Gasteiger partial charge is 0.191 e. The molecule has 164 valence electrons. The first-order valence-electron chi connectivity index (χ1n) is 11.0. The van der Waals surface area contributed by atoms with E-state index in [9.17, 15) is 0 Å². The predicted octanol–water partition coefficient (Wildman–Crippen LogP) is 4.57. The van der Waals surface area contributed by atoms with Gasteiger partial charge < -0.3 is 10.6 Å². The van der Waals surface area contributed by atoms with E-state index in [4.69, 9.17) is 4.99 Å². The van der Waals surface area contributed by atoms with Gasteiger partial charge in [0.05, 0.1) is 12.2 Å². The monoisotopic (exact) mass is 529 g/mol. The zero-order chi connectivity index (χ0) is 20.6. The number of halogens is 1. The molecule has 31 heavy (non-hydrogen) atoms. The highest BCUT2D eigenvalue weighted by Gasteiger charge is 2.20. The lowest BCUT2D eigenvalue weighted by Crippen LogP contribution is -2.48. The Morgan fingerprint density at radius 2 is 1.81 bits per heavy atom. The number of hydrogen-bond donors (Lipinski definition) is 2. The summed E-state index contributed by atoms with van der Waals surface area (Å²) < 4.78 is 0. The van der Waals surface area contributed by atoms with Crippen molar-refractivity contribution < 1.29 is 0 Å². The molecule has 6 heteroatoms. The van der Waals surface area contributed by atoms with Gasteiger partial charge in [-0.15, -0.1) is 24.0 Å². The summed E-state index contributed by atoms with van der Waals surface area (Å²) in [6.07, 6.45) is 4.11. The summed E-state index contributed by atoms with van der Waals surface area (Å²) in [7, 11) is 0. The molecule has 0 spiro atoms. The predicted molar refractivity (Wildman–Crippen MR) is 140 cm³/mol. The van der Waals surface area contributed by atoms with Crippen molar-refractivity contribution in [3.8, 4) is 0 Å². The molecule has 5 nitrogen and oxygen atoms in total. The minimum absolute atomic E-state index is 0. The Bertz CT molecular complexity index is 963. The number of hydrogen-bond acceptors (Lipinski definition) is 3. The molecule has 1 aromatic heterocycles. The van der Waals surface area contributed by atoms with Gasteiger partial charge in [-0.3, -0.25) is 9.88 Å². The molecule has 1 aliphatic heterocycles. The average Bonchev–Trinajstić information content (AvgIpc) is 2.79. The third kappa shape index (κ3) is 6.64. The molecule has 1 fully saturated rings. The van der Waals surface area contributed by atoms with Crippen LogP contribution in [0.3, 0.4) is 0 Å². The average molecular weight is 529 g/mol. The van der Waals surface area contributed by atoms with Gasteiger partial charge in [0.1, 0.15) is 0 Å². The number of likely N-dealkylation sites (tertiary alicyclic amines) is 1. The largest absolute Gasteiger partial charge is 0.357 e. The van der Waals surface area contributed by atoms with Crippen LogP contribution in [0.1, 0.15) is 31.0 Å². The van der Waals surface area contributed by atoms with Crippen LogP contribution in [0.5, 0.6) is 0 Å². The summed E-state index contributed by atoms with van der Waals surface area (Å²) in [4.78, 5) is 11.8. The summed E-state index contributed by atoms with van der Waals surface area (Å²) in [5.74, 6) is 0.911. The third-order valence-electron chi connectivity index (χ3n) is 5.67.